The number of aromatic nitrogens is 2. The molecule has 0 fully saturated rings. The Balaban J connectivity index is 1.31. The molecule has 2 aliphatic rings. The van der Waals surface area contributed by atoms with E-state index in [1.54, 1.807) is 36.4 Å². The minimum Gasteiger partial charge on any atom is -0.459 e. The fourth-order valence-electron chi connectivity index (χ4n) is 5.22. The molecule has 2 atom stereocenters. The Labute approximate surface area is 248 Å². The molecule has 0 saturated carbocycles. The fourth-order valence-corrected chi connectivity index (χ4v) is 5.22. The first-order valence-corrected chi connectivity index (χ1v) is 13.9. The predicted octanol–water partition coefficient (Wildman–Crippen LogP) is 7.02. The van der Waals surface area contributed by atoms with E-state index in [0.717, 1.165) is 0 Å². The van der Waals surface area contributed by atoms with Crippen molar-refractivity contribution in [1.29, 1.82) is 5.41 Å². The van der Waals surface area contributed by atoms with Crippen molar-refractivity contribution >= 4 is 17.3 Å². The molecule has 216 valence electrons. The summed E-state index contributed by atoms with van der Waals surface area (Å²) in [6.45, 7) is 1.85. The number of para-hydroxylation sites is 2. The number of nitrogens with one attached hydrogen (secondary N) is 2. The van der Waals surface area contributed by atoms with Crippen LogP contribution in [0.3, 0.4) is 0 Å². The predicted molar refractivity (Wildman–Crippen MR) is 164 cm³/mol. The highest BCUT2D eigenvalue weighted by Gasteiger charge is 2.33. The Kier molecular flexibility index (Phi) is 7.72. The molecule has 9 heteroatoms. The highest BCUT2D eigenvalue weighted by molar-refractivity contribution is 6.16. The lowest BCUT2D eigenvalue weighted by Gasteiger charge is -2.32. The monoisotopic (exact) mass is 575 g/mol. The van der Waals surface area contributed by atoms with Gasteiger partial charge in [-0.05, 0) is 67.5 Å². The summed E-state index contributed by atoms with van der Waals surface area (Å²) in [5.41, 5.74) is 8.95. The summed E-state index contributed by atoms with van der Waals surface area (Å²) < 4.78 is 26.6. The number of aliphatic hydroxyl groups is 1. The number of hydrogen-bond acceptors (Lipinski definition) is 8. The number of nitrogens with two attached hydrogens (primary N) is 1. The standard InChI is InChI=1S/C34H30FN5O3/c1-20(32-28(22-8-7-9-23(35)18-22)31(41)26-12-5-6-13-27(26)43-32)40-34-29(33(37)38-19-39-34)30(36)21-14-16-25(17-15-21)42-24-10-3-2-4-11-24/h2-6,8,10-20,31,36,41H,7,9H2,1H3,(H3,37,38,39,40). The first kappa shape index (κ1) is 27.9. The Bertz CT molecular complexity index is 1770. The molecular weight excluding hydrogens is 545 g/mol. The van der Waals surface area contributed by atoms with Crippen molar-refractivity contribution in [2.75, 3.05) is 11.1 Å². The summed E-state index contributed by atoms with van der Waals surface area (Å²) in [4.78, 5) is 8.55. The third-order valence-electron chi connectivity index (χ3n) is 7.34. The van der Waals surface area contributed by atoms with Gasteiger partial charge in [0.2, 0.25) is 0 Å². The summed E-state index contributed by atoms with van der Waals surface area (Å²) >= 11 is 0. The van der Waals surface area contributed by atoms with Gasteiger partial charge in [0, 0.05) is 23.1 Å². The molecule has 1 aliphatic heterocycles. The topological polar surface area (TPSA) is 126 Å². The maximum absolute atomic E-state index is 14.4. The molecule has 6 rings (SSSR count). The van der Waals surface area contributed by atoms with Gasteiger partial charge in [0.15, 0.2) is 0 Å². The molecule has 0 radical (unpaired) electrons. The number of fused-ring (bicyclic) bond motifs is 1. The van der Waals surface area contributed by atoms with Crippen LogP contribution in [0.15, 0.2) is 120 Å². The number of ether oxygens (including phenoxy) is 2. The van der Waals surface area contributed by atoms with Crippen molar-refractivity contribution in [1.82, 2.24) is 9.97 Å². The van der Waals surface area contributed by atoms with Crippen LogP contribution >= 0.6 is 0 Å². The van der Waals surface area contributed by atoms with Crippen LogP contribution in [-0.2, 0) is 0 Å². The average molecular weight is 576 g/mol. The minimum atomic E-state index is -1.03. The molecule has 3 aromatic carbocycles. The maximum atomic E-state index is 14.4. The number of allylic oxidation sites excluding steroid dienone is 3. The van der Waals surface area contributed by atoms with Gasteiger partial charge in [-0.2, -0.15) is 0 Å². The van der Waals surface area contributed by atoms with E-state index in [2.05, 4.69) is 15.3 Å². The number of anilines is 2. The second kappa shape index (κ2) is 11.9. The van der Waals surface area contributed by atoms with E-state index in [9.17, 15) is 9.50 Å². The van der Waals surface area contributed by atoms with Crippen LogP contribution in [0.2, 0.25) is 0 Å². The molecule has 0 bridgehead atoms. The van der Waals surface area contributed by atoms with Crippen molar-refractivity contribution in [3.63, 3.8) is 0 Å². The molecule has 1 aliphatic carbocycles. The van der Waals surface area contributed by atoms with E-state index >= 15 is 0 Å². The highest BCUT2D eigenvalue weighted by Crippen LogP contribution is 2.43. The van der Waals surface area contributed by atoms with E-state index in [1.165, 1.54) is 12.4 Å². The molecule has 4 aromatic rings. The van der Waals surface area contributed by atoms with Crippen molar-refractivity contribution in [2.24, 2.45) is 0 Å². The first-order valence-electron chi connectivity index (χ1n) is 13.9. The molecule has 1 aromatic heterocycles. The average Bonchev–Trinajstić information content (AvgIpc) is 3.02. The number of nitrogen functional groups attached to an aromatic ring is 1. The second-order valence-corrected chi connectivity index (χ2v) is 10.3. The zero-order valence-electron chi connectivity index (χ0n) is 23.4. The molecule has 43 heavy (non-hydrogen) atoms. The van der Waals surface area contributed by atoms with Gasteiger partial charge in [-0.1, -0.05) is 42.5 Å². The lowest BCUT2D eigenvalue weighted by atomic mass is 9.87. The van der Waals surface area contributed by atoms with E-state index in [4.69, 9.17) is 20.6 Å². The molecule has 0 spiro atoms. The second-order valence-electron chi connectivity index (χ2n) is 10.3. The molecule has 2 heterocycles. The number of benzene rings is 3. The Morgan fingerprint density at radius 2 is 1.77 bits per heavy atom. The van der Waals surface area contributed by atoms with Crippen LogP contribution < -0.4 is 20.5 Å². The zero-order chi connectivity index (χ0) is 29.9. The van der Waals surface area contributed by atoms with Gasteiger partial charge in [0.05, 0.1) is 17.3 Å². The summed E-state index contributed by atoms with van der Waals surface area (Å²) in [5.74, 6) is 2.45. The van der Waals surface area contributed by atoms with Crippen molar-refractivity contribution < 1.29 is 19.0 Å². The number of hydrogen-bond donors (Lipinski definition) is 4. The lowest BCUT2D eigenvalue weighted by Crippen LogP contribution is -2.30. The van der Waals surface area contributed by atoms with Crippen molar-refractivity contribution in [2.45, 2.75) is 31.9 Å². The largest absolute Gasteiger partial charge is 0.459 e. The molecular formula is C34H30FN5O3. The summed E-state index contributed by atoms with van der Waals surface area (Å²) in [5, 5.41) is 23.8. The van der Waals surface area contributed by atoms with Crippen LogP contribution in [0, 0.1) is 5.41 Å². The fraction of sp³-hybridized carbons (Fsp3) is 0.147. The first-order chi connectivity index (χ1) is 20.9. The quantitative estimate of drug-likeness (QED) is 0.166. The van der Waals surface area contributed by atoms with Gasteiger partial charge in [0.25, 0.3) is 0 Å². The van der Waals surface area contributed by atoms with E-state index in [1.807, 2.05) is 55.5 Å². The minimum absolute atomic E-state index is 0.114. The Morgan fingerprint density at radius 3 is 2.53 bits per heavy atom. The van der Waals surface area contributed by atoms with Crippen LogP contribution in [-0.4, -0.2) is 26.8 Å². The molecule has 8 nitrogen and oxygen atoms in total. The summed E-state index contributed by atoms with van der Waals surface area (Å²) in [7, 11) is 0. The van der Waals surface area contributed by atoms with Gasteiger partial charge in [0.1, 0.15) is 52.9 Å². The molecule has 0 saturated heterocycles. The summed E-state index contributed by atoms with van der Waals surface area (Å²) in [6, 6.07) is 23.2. The molecule has 5 N–H and O–H groups in total. The van der Waals surface area contributed by atoms with Gasteiger partial charge in [-0.25, -0.2) is 14.4 Å². The third-order valence-corrected chi connectivity index (χ3v) is 7.34. The molecule has 2 unspecified atom stereocenters. The number of aliphatic hydroxyl groups excluding tert-OH is 1. The zero-order valence-corrected chi connectivity index (χ0v) is 23.4. The van der Waals surface area contributed by atoms with Crippen molar-refractivity contribution in [3.8, 4) is 17.2 Å². The van der Waals surface area contributed by atoms with Gasteiger partial charge < -0.3 is 25.6 Å². The lowest BCUT2D eigenvalue weighted by molar-refractivity contribution is 0.192. The smallest absolute Gasteiger partial charge is 0.141 e. The third kappa shape index (κ3) is 5.75. The van der Waals surface area contributed by atoms with E-state index < -0.39 is 12.1 Å². The number of nitrogens with zero attached hydrogens (tertiary/aromatic N) is 2. The van der Waals surface area contributed by atoms with Gasteiger partial charge in [-0.3, -0.25) is 5.41 Å². The number of halogens is 1. The highest BCUT2D eigenvalue weighted by atomic mass is 19.1. The van der Waals surface area contributed by atoms with Crippen LogP contribution in [0.25, 0.3) is 0 Å². The Hall–Kier alpha value is -5.28. The maximum Gasteiger partial charge on any atom is 0.141 e. The van der Waals surface area contributed by atoms with Crippen LogP contribution in [0.1, 0.15) is 42.6 Å². The molecule has 0 amide bonds. The normalized spacial score (nSPS) is 16.8. The SMILES string of the molecule is CC(Nc1ncnc(N)c1C(=N)c1ccc(Oc2ccccc2)cc1)C1=C(C2=CCCC(F)=C2)C(O)c2ccccc2O1. The van der Waals surface area contributed by atoms with Gasteiger partial charge in [-0.15, -0.1) is 0 Å². The van der Waals surface area contributed by atoms with Gasteiger partial charge >= 0.3 is 0 Å². The summed E-state index contributed by atoms with van der Waals surface area (Å²) in [6.07, 6.45) is 4.48. The van der Waals surface area contributed by atoms with Crippen LogP contribution in [0.4, 0.5) is 16.0 Å². The van der Waals surface area contributed by atoms with Crippen molar-refractivity contribution in [3.05, 3.63) is 137 Å². The van der Waals surface area contributed by atoms with E-state index in [-0.39, 0.29) is 17.4 Å². The Morgan fingerprint density at radius 1 is 1.05 bits per heavy atom. The van der Waals surface area contributed by atoms with Crippen LogP contribution in [0.5, 0.6) is 17.2 Å². The number of rotatable bonds is 8. The van der Waals surface area contributed by atoms with E-state index in [0.29, 0.717) is 69.5 Å².